The molecule has 0 aromatic heterocycles. The molecular weight excluding hydrogens is 346 g/mol. The molecule has 0 N–H and O–H groups in total. The lowest BCUT2D eigenvalue weighted by atomic mass is 10.1. The van der Waals surface area contributed by atoms with Gasteiger partial charge in [-0.1, -0.05) is 18.2 Å². The summed E-state index contributed by atoms with van der Waals surface area (Å²) >= 11 is 1.65. The van der Waals surface area contributed by atoms with Crippen molar-refractivity contribution in [3.63, 3.8) is 0 Å². The van der Waals surface area contributed by atoms with E-state index in [9.17, 15) is 4.79 Å². The molecule has 1 heterocycles. The molecular formula is C20H21N3O2S. The first kappa shape index (κ1) is 18.5. The minimum Gasteiger partial charge on any atom is -0.382 e. The van der Waals surface area contributed by atoms with Crippen LogP contribution in [0.4, 0.5) is 0 Å². The number of ether oxygens (including phenoxy) is 1. The summed E-state index contributed by atoms with van der Waals surface area (Å²) < 4.78 is 7.61. The molecule has 0 bridgehead atoms. The molecule has 1 aliphatic rings. The molecule has 26 heavy (non-hydrogen) atoms. The van der Waals surface area contributed by atoms with Crippen LogP contribution in [-0.2, 0) is 4.74 Å². The highest BCUT2D eigenvalue weighted by Gasteiger charge is 2.31. The van der Waals surface area contributed by atoms with E-state index in [1.54, 1.807) is 19.1 Å². The van der Waals surface area contributed by atoms with Crippen molar-refractivity contribution < 1.29 is 9.53 Å². The molecule has 2 aromatic rings. The Morgan fingerprint density at radius 1 is 1.19 bits per heavy atom. The number of nitriles is 1. The van der Waals surface area contributed by atoms with Crippen molar-refractivity contribution in [3.05, 3.63) is 65.7 Å². The first-order valence-electron chi connectivity index (χ1n) is 8.49. The largest absolute Gasteiger partial charge is 0.382 e. The molecule has 0 spiro atoms. The summed E-state index contributed by atoms with van der Waals surface area (Å²) in [4.78, 5) is 15.8. The zero-order valence-corrected chi connectivity index (χ0v) is 15.5. The SMILES string of the molecule is COCC1CN(Sc2ccc(C#N)cc2)CCN1C(=O)c1ccccc1. The van der Waals surface area contributed by atoms with Gasteiger partial charge in [0.1, 0.15) is 0 Å². The maximum Gasteiger partial charge on any atom is 0.254 e. The van der Waals surface area contributed by atoms with Gasteiger partial charge in [-0.3, -0.25) is 4.79 Å². The van der Waals surface area contributed by atoms with Crippen LogP contribution in [0, 0.1) is 11.3 Å². The fourth-order valence-corrected chi connectivity index (χ4v) is 3.97. The Kier molecular flexibility index (Phi) is 6.29. The smallest absolute Gasteiger partial charge is 0.254 e. The Balaban J connectivity index is 1.67. The van der Waals surface area contributed by atoms with Gasteiger partial charge in [-0.15, -0.1) is 0 Å². The zero-order chi connectivity index (χ0) is 18.4. The van der Waals surface area contributed by atoms with Crippen LogP contribution in [0.25, 0.3) is 0 Å². The van der Waals surface area contributed by atoms with Gasteiger partial charge in [-0.2, -0.15) is 5.26 Å². The van der Waals surface area contributed by atoms with Gasteiger partial charge in [0, 0.05) is 37.2 Å². The van der Waals surface area contributed by atoms with Crippen LogP contribution in [-0.4, -0.2) is 54.5 Å². The average molecular weight is 367 g/mol. The number of hydrogen-bond acceptors (Lipinski definition) is 5. The van der Waals surface area contributed by atoms with Crippen LogP contribution in [0.3, 0.4) is 0 Å². The zero-order valence-electron chi connectivity index (χ0n) is 14.7. The Hall–Kier alpha value is -2.33. The van der Waals surface area contributed by atoms with Gasteiger partial charge in [-0.25, -0.2) is 4.31 Å². The second kappa shape index (κ2) is 8.86. The molecule has 5 nitrogen and oxygen atoms in total. The molecule has 1 atom stereocenters. The maximum atomic E-state index is 12.8. The molecule has 6 heteroatoms. The number of nitrogens with zero attached hydrogens (tertiary/aromatic N) is 3. The number of piperazine rings is 1. The van der Waals surface area contributed by atoms with E-state index in [1.807, 2.05) is 59.5 Å². The number of amides is 1. The van der Waals surface area contributed by atoms with Gasteiger partial charge in [0.15, 0.2) is 0 Å². The van der Waals surface area contributed by atoms with E-state index < -0.39 is 0 Å². The van der Waals surface area contributed by atoms with E-state index >= 15 is 0 Å². The lowest BCUT2D eigenvalue weighted by molar-refractivity contribution is 0.0373. The van der Waals surface area contributed by atoms with E-state index in [0.29, 0.717) is 24.3 Å². The third-order valence-electron chi connectivity index (χ3n) is 4.30. The second-order valence-corrected chi connectivity index (χ2v) is 7.26. The number of benzene rings is 2. The van der Waals surface area contributed by atoms with Crippen LogP contribution in [0.1, 0.15) is 15.9 Å². The topological polar surface area (TPSA) is 56.6 Å². The lowest BCUT2D eigenvalue weighted by Gasteiger charge is -2.40. The van der Waals surface area contributed by atoms with Crippen LogP contribution >= 0.6 is 11.9 Å². The Labute approximate surface area is 158 Å². The highest BCUT2D eigenvalue weighted by molar-refractivity contribution is 7.97. The summed E-state index contributed by atoms with van der Waals surface area (Å²) in [5, 5.41) is 8.90. The highest BCUT2D eigenvalue weighted by Crippen LogP contribution is 2.26. The fourth-order valence-electron chi connectivity index (χ4n) is 3.00. The predicted molar refractivity (Wildman–Crippen MR) is 102 cm³/mol. The molecule has 3 rings (SSSR count). The quantitative estimate of drug-likeness (QED) is 0.761. The third-order valence-corrected chi connectivity index (χ3v) is 5.38. The van der Waals surface area contributed by atoms with Crippen LogP contribution in [0.15, 0.2) is 59.5 Å². The standard InChI is InChI=1S/C20H21N3O2S/c1-25-15-18-14-22(26-19-9-7-16(13-21)8-10-19)11-12-23(18)20(24)17-5-3-2-4-6-17/h2-10,18H,11-12,14-15H2,1H3. The van der Waals surface area contributed by atoms with E-state index in [-0.39, 0.29) is 11.9 Å². The number of methoxy groups -OCH3 is 1. The molecule has 0 aliphatic carbocycles. The molecule has 0 radical (unpaired) electrons. The highest BCUT2D eigenvalue weighted by atomic mass is 32.2. The van der Waals surface area contributed by atoms with Crippen molar-refractivity contribution in [1.82, 2.24) is 9.21 Å². The number of hydrogen-bond donors (Lipinski definition) is 0. The van der Waals surface area contributed by atoms with Gasteiger partial charge in [0.25, 0.3) is 5.91 Å². The van der Waals surface area contributed by atoms with Gasteiger partial charge in [0.2, 0.25) is 0 Å². The summed E-state index contributed by atoms with van der Waals surface area (Å²) in [6, 6.07) is 19.1. The lowest BCUT2D eigenvalue weighted by Crippen LogP contribution is -2.55. The van der Waals surface area contributed by atoms with Crippen molar-refractivity contribution >= 4 is 17.9 Å². The van der Waals surface area contributed by atoms with Crippen molar-refractivity contribution in [2.75, 3.05) is 33.4 Å². The molecule has 2 aromatic carbocycles. The van der Waals surface area contributed by atoms with Crippen molar-refractivity contribution in [2.24, 2.45) is 0 Å². The van der Waals surface area contributed by atoms with Gasteiger partial charge < -0.3 is 9.64 Å². The number of carbonyl (C=O) groups excluding carboxylic acids is 1. The molecule has 1 amide bonds. The summed E-state index contributed by atoms with van der Waals surface area (Å²) in [6.45, 7) is 2.68. The minimum atomic E-state index is 0.00679. The Morgan fingerprint density at radius 3 is 2.58 bits per heavy atom. The summed E-state index contributed by atoms with van der Waals surface area (Å²) in [6.07, 6.45) is 0. The fraction of sp³-hybridized carbons (Fsp3) is 0.300. The molecule has 1 unspecified atom stereocenters. The molecule has 0 saturated carbocycles. The summed E-state index contributed by atoms with van der Waals surface area (Å²) in [7, 11) is 1.66. The maximum absolute atomic E-state index is 12.8. The van der Waals surface area contributed by atoms with Crippen LogP contribution in [0.2, 0.25) is 0 Å². The second-order valence-electron chi connectivity index (χ2n) is 6.09. The Bertz CT molecular complexity index is 774. The normalized spacial score (nSPS) is 17.7. The van der Waals surface area contributed by atoms with E-state index in [1.165, 1.54) is 0 Å². The number of rotatable bonds is 5. The summed E-state index contributed by atoms with van der Waals surface area (Å²) in [5.74, 6) is 0.0515. The van der Waals surface area contributed by atoms with Gasteiger partial charge >= 0.3 is 0 Å². The molecule has 1 saturated heterocycles. The van der Waals surface area contributed by atoms with E-state index in [4.69, 9.17) is 10.00 Å². The average Bonchev–Trinajstić information content (AvgIpc) is 2.69. The Morgan fingerprint density at radius 2 is 1.92 bits per heavy atom. The van der Waals surface area contributed by atoms with Gasteiger partial charge in [0.05, 0.1) is 24.3 Å². The monoisotopic (exact) mass is 367 g/mol. The first-order valence-corrected chi connectivity index (χ1v) is 9.26. The summed E-state index contributed by atoms with van der Waals surface area (Å²) in [5.41, 5.74) is 1.37. The molecule has 134 valence electrons. The van der Waals surface area contributed by atoms with Crippen molar-refractivity contribution in [1.29, 1.82) is 5.26 Å². The van der Waals surface area contributed by atoms with Crippen molar-refractivity contribution in [3.8, 4) is 6.07 Å². The van der Waals surface area contributed by atoms with Crippen molar-refractivity contribution in [2.45, 2.75) is 10.9 Å². The molecule has 1 fully saturated rings. The van der Waals surface area contributed by atoms with Gasteiger partial charge in [-0.05, 0) is 48.3 Å². The number of carbonyl (C=O) groups is 1. The van der Waals surface area contributed by atoms with E-state index in [0.717, 1.165) is 18.0 Å². The molecule has 1 aliphatic heterocycles. The van der Waals surface area contributed by atoms with Crippen LogP contribution in [0.5, 0.6) is 0 Å². The predicted octanol–water partition coefficient (Wildman–Crippen LogP) is 3.04. The van der Waals surface area contributed by atoms with E-state index in [2.05, 4.69) is 10.4 Å². The van der Waals surface area contributed by atoms with Crippen LogP contribution < -0.4 is 0 Å². The first-order chi connectivity index (χ1) is 12.7. The minimum absolute atomic E-state index is 0.00679. The third kappa shape index (κ3) is 4.44.